The topological polar surface area (TPSA) is 92.6 Å². The molecule has 0 aliphatic heterocycles. The predicted octanol–water partition coefficient (Wildman–Crippen LogP) is 3.46. The van der Waals surface area contributed by atoms with Gasteiger partial charge < -0.3 is 20.8 Å². The molecule has 6 nitrogen and oxygen atoms in total. The molecule has 3 aromatic rings. The number of nitrogens with one attached hydrogen (secondary N) is 2. The first kappa shape index (κ1) is 16.3. The van der Waals surface area contributed by atoms with E-state index in [1.807, 2.05) is 54.6 Å². The van der Waals surface area contributed by atoms with E-state index < -0.39 is 0 Å². The molecule has 4 N–H and O–H groups in total. The molecule has 3 rings (SSSR count). The van der Waals surface area contributed by atoms with E-state index >= 15 is 0 Å². The molecule has 0 bridgehead atoms. The second-order valence-electron chi connectivity index (χ2n) is 5.32. The number of aliphatic imine (C=N–C) groups is 1. The average Bonchev–Trinajstić information content (AvgIpc) is 3.17. The first-order chi connectivity index (χ1) is 12.2. The van der Waals surface area contributed by atoms with Crippen LogP contribution in [0, 0.1) is 0 Å². The summed E-state index contributed by atoms with van der Waals surface area (Å²) in [5, 5.41) is 5.79. The van der Waals surface area contributed by atoms with Gasteiger partial charge in [0.2, 0.25) is 0 Å². The lowest BCUT2D eigenvalue weighted by Crippen LogP contribution is -2.22. The first-order valence-corrected chi connectivity index (χ1v) is 7.76. The summed E-state index contributed by atoms with van der Waals surface area (Å²) in [4.78, 5) is 16.2. The first-order valence-electron chi connectivity index (χ1n) is 7.76. The van der Waals surface area contributed by atoms with E-state index in [9.17, 15) is 4.79 Å². The van der Waals surface area contributed by atoms with Gasteiger partial charge in [-0.2, -0.15) is 0 Å². The lowest BCUT2D eigenvalue weighted by atomic mass is 10.2. The van der Waals surface area contributed by atoms with Crippen molar-refractivity contribution in [2.45, 2.75) is 6.54 Å². The molecule has 1 heterocycles. The maximum atomic E-state index is 11.9. The van der Waals surface area contributed by atoms with E-state index in [-0.39, 0.29) is 11.7 Å². The number of benzene rings is 2. The summed E-state index contributed by atoms with van der Waals surface area (Å²) in [7, 11) is 0. The maximum absolute atomic E-state index is 11.9. The monoisotopic (exact) mass is 334 g/mol. The number of carbonyl (C=O) groups excluding carboxylic acids is 1. The van der Waals surface area contributed by atoms with Crippen LogP contribution in [0.4, 0.5) is 11.4 Å². The van der Waals surface area contributed by atoms with E-state index in [0.29, 0.717) is 18.2 Å². The van der Waals surface area contributed by atoms with E-state index in [1.54, 1.807) is 12.1 Å². The zero-order chi connectivity index (χ0) is 17.5. The Morgan fingerprint density at radius 3 is 2.32 bits per heavy atom. The number of nitrogens with two attached hydrogens (primary N) is 1. The van der Waals surface area contributed by atoms with Crippen LogP contribution in [-0.2, 0) is 6.54 Å². The van der Waals surface area contributed by atoms with Crippen LogP contribution in [0.5, 0.6) is 0 Å². The molecule has 0 unspecified atom stereocenters. The van der Waals surface area contributed by atoms with Crippen molar-refractivity contribution >= 4 is 23.2 Å². The Morgan fingerprint density at radius 1 is 0.920 bits per heavy atom. The molecular formula is C19H18N4O2. The summed E-state index contributed by atoms with van der Waals surface area (Å²) in [6, 6.07) is 20.3. The highest BCUT2D eigenvalue weighted by Gasteiger charge is 2.08. The Labute approximate surface area is 145 Å². The molecule has 126 valence electrons. The average molecular weight is 334 g/mol. The zero-order valence-corrected chi connectivity index (χ0v) is 13.5. The number of amides is 1. The van der Waals surface area contributed by atoms with Gasteiger partial charge >= 0.3 is 0 Å². The molecule has 25 heavy (non-hydrogen) atoms. The standard InChI is InChI=1S/C19H18N4O2/c20-19(23-15-5-2-1-3-6-15)21-13-14-8-10-16(11-9-14)22-18(24)17-7-4-12-25-17/h1-12H,13H2,(H,22,24)(H3,20,21,23). The van der Waals surface area contributed by atoms with Crippen molar-refractivity contribution in [3.63, 3.8) is 0 Å². The number of carbonyl (C=O) groups is 1. The third kappa shape index (κ3) is 4.71. The minimum absolute atomic E-state index is 0.272. The molecule has 1 amide bonds. The zero-order valence-electron chi connectivity index (χ0n) is 13.5. The van der Waals surface area contributed by atoms with E-state index in [1.165, 1.54) is 6.26 Å². The van der Waals surface area contributed by atoms with Crippen molar-refractivity contribution in [3.05, 3.63) is 84.3 Å². The van der Waals surface area contributed by atoms with Gasteiger partial charge in [0.05, 0.1) is 12.8 Å². The molecule has 0 fully saturated rings. The maximum Gasteiger partial charge on any atom is 0.291 e. The van der Waals surface area contributed by atoms with Crippen LogP contribution in [0.2, 0.25) is 0 Å². The number of anilines is 2. The van der Waals surface area contributed by atoms with Crippen molar-refractivity contribution in [3.8, 4) is 0 Å². The molecule has 0 atom stereocenters. The number of nitrogens with zero attached hydrogens (tertiary/aromatic N) is 1. The van der Waals surface area contributed by atoms with Gasteiger partial charge in [0, 0.05) is 11.4 Å². The molecule has 0 aliphatic carbocycles. The van der Waals surface area contributed by atoms with Crippen LogP contribution < -0.4 is 16.4 Å². The molecular weight excluding hydrogens is 316 g/mol. The number of hydrogen-bond donors (Lipinski definition) is 3. The number of rotatable bonds is 5. The van der Waals surface area contributed by atoms with Crippen LogP contribution in [-0.4, -0.2) is 11.9 Å². The van der Waals surface area contributed by atoms with Gasteiger partial charge in [-0.1, -0.05) is 30.3 Å². The number of para-hydroxylation sites is 1. The Balaban J connectivity index is 1.55. The highest BCUT2D eigenvalue weighted by molar-refractivity contribution is 6.02. The van der Waals surface area contributed by atoms with Gasteiger partial charge in [-0.25, -0.2) is 4.99 Å². The van der Waals surface area contributed by atoms with Gasteiger partial charge in [-0.15, -0.1) is 0 Å². The molecule has 0 spiro atoms. The van der Waals surface area contributed by atoms with E-state index in [0.717, 1.165) is 11.3 Å². The summed E-state index contributed by atoms with van der Waals surface area (Å²) in [5.74, 6) is 0.335. The lowest BCUT2D eigenvalue weighted by molar-refractivity contribution is 0.0996. The fourth-order valence-corrected chi connectivity index (χ4v) is 2.18. The van der Waals surface area contributed by atoms with Crippen molar-refractivity contribution < 1.29 is 9.21 Å². The Bertz CT molecular complexity index is 841. The number of furan rings is 1. The summed E-state index contributed by atoms with van der Waals surface area (Å²) in [5.41, 5.74) is 8.43. The predicted molar refractivity (Wildman–Crippen MR) is 98.5 cm³/mol. The second kappa shape index (κ2) is 7.83. The fourth-order valence-electron chi connectivity index (χ4n) is 2.18. The van der Waals surface area contributed by atoms with Gasteiger partial charge in [-0.3, -0.25) is 4.79 Å². The summed E-state index contributed by atoms with van der Waals surface area (Å²) in [6.07, 6.45) is 1.46. The van der Waals surface area contributed by atoms with E-state index in [2.05, 4.69) is 15.6 Å². The Morgan fingerprint density at radius 2 is 1.64 bits per heavy atom. The minimum atomic E-state index is -0.285. The summed E-state index contributed by atoms with van der Waals surface area (Å²) < 4.78 is 5.05. The van der Waals surface area contributed by atoms with Crippen LogP contribution in [0.15, 0.2) is 82.4 Å². The summed E-state index contributed by atoms with van der Waals surface area (Å²) >= 11 is 0. The van der Waals surface area contributed by atoms with Gasteiger partial charge in [0.1, 0.15) is 0 Å². The van der Waals surface area contributed by atoms with Gasteiger partial charge in [0.15, 0.2) is 11.7 Å². The SMILES string of the molecule is NC(=NCc1ccc(NC(=O)c2ccco2)cc1)Nc1ccccc1. The smallest absolute Gasteiger partial charge is 0.291 e. The molecule has 0 saturated carbocycles. The van der Waals surface area contributed by atoms with Gasteiger partial charge in [0.25, 0.3) is 5.91 Å². The number of hydrogen-bond acceptors (Lipinski definition) is 3. The molecule has 1 aromatic heterocycles. The van der Waals surface area contributed by atoms with Crippen molar-refractivity contribution in [1.29, 1.82) is 0 Å². The van der Waals surface area contributed by atoms with Gasteiger partial charge in [-0.05, 0) is 42.0 Å². The molecule has 0 saturated heterocycles. The minimum Gasteiger partial charge on any atom is -0.459 e. The summed E-state index contributed by atoms with van der Waals surface area (Å²) in [6.45, 7) is 0.443. The largest absolute Gasteiger partial charge is 0.459 e. The quantitative estimate of drug-likeness (QED) is 0.492. The highest BCUT2D eigenvalue weighted by atomic mass is 16.3. The normalized spacial score (nSPS) is 11.1. The lowest BCUT2D eigenvalue weighted by Gasteiger charge is -2.06. The van der Waals surface area contributed by atoms with E-state index in [4.69, 9.17) is 10.2 Å². The van der Waals surface area contributed by atoms with Crippen molar-refractivity contribution in [1.82, 2.24) is 0 Å². The van der Waals surface area contributed by atoms with Crippen molar-refractivity contribution in [2.75, 3.05) is 10.6 Å². The molecule has 0 aliphatic rings. The van der Waals surface area contributed by atoms with Crippen LogP contribution in [0.25, 0.3) is 0 Å². The third-order valence-corrected chi connectivity index (χ3v) is 3.43. The molecule has 0 radical (unpaired) electrons. The third-order valence-electron chi connectivity index (χ3n) is 3.43. The highest BCUT2D eigenvalue weighted by Crippen LogP contribution is 2.12. The Hall–Kier alpha value is -3.54. The number of guanidine groups is 1. The molecule has 6 heteroatoms. The van der Waals surface area contributed by atoms with Crippen LogP contribution >= 0.6 is 0 Å². The van der Waals surface area contributed by atoms with Crippen LogP contribution in [0.3, 0.4) is 0 Å². The van der Waals surface area contributed by atoms with Crippen LogP contribution in [0.1, 0.15) is 16.1 Å². The fraction of sp³-hybridized carbons (Fsp3) is 0.0526. The Kier molecular flexibility index (Phi) is 5.11. The second-order valence-corrected chi connectivity index (χ2v) is 5.32. The molecule has 2 aromatic carbocycles. The van der Waals surface area contributed by atoms with Crippen molar-refractivity contribution in [2.24, 2.45) is 10.7 Å².